The number of fused-ring (bicyclic) bond motifs is 2. The highest BCUT2D eigenvalue weighted by molar-refractivity contribution is 5.97. The van der Waals surface area contributed by atoms with E-state index in [9.17, 15) is 9.18 Å². The van der Waals surface area contributed by atoms with Gasteiger partial charge in [-0.1, -0.05) is 60.7 Å². The number of anilines is 1. The number of carbonyl (C=O) groups excluding carboxylic acids is 1. The van der Waals surface area contributed by atoms with Crippen molar-refractivity contribution in [2.75, 3.05) is 5.32 Å². The van der Waals surface area contributed by atoms with Crippen LogP contribution < -0.4 is 5.32 Å². The van der Waals surface area contributed by atoms with E-state index in [1.165, 1.54) is 6.07 Å². The summed E-state index contributed by atoms with van der Waals surface area (Å²) < 4.78 is 14.6. The van der Waals surface area contributed by atoms with Gasteiger partial charge in [0.1, 0.15) is 11.3 Å². The van der Waals surface area contributed by atoms with Gasteiger partial charge in [0, 0.05) is 22.9 Å². The number of hydrogen-bond acceptors (Lipinski definition) is 5. The summed E-state index contributed by atoms with van der Waals surface area (Å²) >= 11 is 0. The molecule has 4 heterocycles. The number of carbonyl (C=O) groups is 1. The number of hydrogen-bond donors (Lipinski definition) is 3. The second-order valence-corrected chi connectivity index (χ2v) is 9.60. The Bertz CT molecular complexity index is 2050. The average molecular weight is 540 g/mol. The molecule has 0 aliphatic heterocycles. The molecule has 0 aliphatic rings. The fourth-order valence-corrected chi connectivity index (χ4v) is 4.90. The van der Waals surface area contributed by atoms with Crippen LogP contribution in [-0.2, 0) is 11.2 Å². The molecule has 0 saturated carbocycles. The largest absolute Gasteiger partial charge is 0.336 e. The number of para-hydroxylation sites is 1. The lowest BCUT2D eigenvalue weighted by Gasteiger charge is -2.07. The van der Waals surface area contributed by atoms with Gasteiger partial charge in [-0.15, -0.1) is 0 Å². The number of rotatable bonds is 6. The van der Waals surface area contributed by atoms with Crippen molar-refractivity contribution in [1.29, 1.82) is 0 Å². The minimum absolute atomic E-state index is 0.129. The highest BCUT2D eigenvalue weighted by Crippen LogP contribution is 2.33. The van der Waals surface area contributed by atoms with Crippen LogP contribution in [0.15, 0.2) is 103 Å². The minimum Gasteiger partial charge on any atom is -0.336 e. The molecule has 0 bridgehead atoms. The number of nitrogens with one attached hydrogen (secondary N) is 3. The van der Waals surface area contributed by atoms with Crippen LogP contribution in [0.4, 0.5) is 10.1 Å². The van der Waals surface area contributed by atoms with Crippen molar-refractivity contribution in [1.82, 2.24) is 30.1 Å². The first kappa shape index (κ1) is 24.3. The summed E-state index contributed by atoms with van der Waals surface area (Å²) in [6.45, 7) is 0. The molecule has 0 unspecified atom stereocenters. The molecule has 8 nitrogen and oxygen atoms in total. The van der Waals surface area contributed by atoms with Gasteiger partial charge in [0.25, 0.3) is 0 Å². The molecule has 1 amide bonds. The number of nitrogens with zero attached hydrogens (tertiary/aromatic N) is 4. The molecule has 0 radical (unpaired) electrons. The van der Waals surface area contributed by atoms with Gasteiger partial charge >= 0.3 is 0 Å². The highest BCUT2D eigenvalue weighted by Gasteiger charge is 2.18. The topological polar surface area (TPSA) is 112 Å². The van der Waals surface area contributed by atoms with E-state index in [0.717, 1.165) is 22.2 Å². The van der Waals surface area contributed by atoms with E-state index in [4.69, 9.17) is 9.97 Å². The zero-order valence-corrected chi connectivity index (χ0v) is 21.6. The Hall–Kier alpha value is -5.70. The van der Waals surface area contributed by atoms with E-state index in [-0.39, 0.29) is 18.1 Å². The van der Waals surface area contributed by atoms with E-state index in [2.05, 4.69) is 25.5 Å². The van der Waals surface area contributed by atoms with Crippen LogP contribution in [0.25, 0.3) is 56.0 Å². The van der Waals surface area contributed by atoms with Crippen molar-refractivity contribution >= 4 is 33.7 Å². The molecule has 3 aromatic carbocycles. The molecule has 0 spiro atoms. The Kier molecular flexibility index (Phi) is 6.01. The van der Waals surface area contributed by atoms with Crippen molar-refractivity contribution in [2.45, 2.75) is 6.42 Å². The van der Waals surface area contributed by atoms with Crippen molar-refractivity contribution in [3.05, 3.63) is 115 Å². The molecular formula is C32H22FN7O. The predicted molar refractivity (Wildman–Crippen MR) is 156 cm³/mol. The fraction of sp³-hybridized carbons (Fsp3) is 0.0312. The molecule has 0 aliphatic carbocycles. The number of aromatic amines is 2. The normalized spacial score (nSPS) is 11.2. The Balaban J connectivity index is 1.22. The highest BCUT2D eigenvalue weighted by atomic mass is 19.1. The zero-order chi connectivity index (χ0) is 27.8. The number of benzene rings is 3. The number of pyridine rings is 2. The summed E-state index contributed by atoms with van der Waals surface area (Å²) in [4.78, 5) is 29.9. The maximum Gasteiger partial charge on any atom is 0.228 e. The molecule has 198 valence electrons. The predicted octanol–water partition coefficient (Wildman–Crippen LogP) is 6.55. The molecule has 3 N–H and O–H groups in total. The average Bonchev–Trinajstić information content (AvgIpc) is 3.62. The van der Waals surface area contributed by atoms with E-state index < -0.39 is 0 Å². The first-order valence-electron chi connectivity index (χ1n) is 13.0. The molecule has 0 fully saturated rings. The Morgan fingerprint density at radius 3 is 2.51 bits per heavy atom. The van der Waals surface area contributed by atoms with Crippen LogP contribution in [0.1, 0.15) is 5.56 Å². The summed E-state index contributed by atoms with van der Waals surface area (Å²) in [6.07, 6.45) is 3.57. The monoisotopic (exact) mass is 539 g/mol. The van der Waals surface area contributed by atoms with Crippen LogP contribution in [0.5, 0.6) is 0 Å². The van der Waals surface area contributed by atoms with Crippen LogP contribution in [0.2, 0.25) is 0 Å². The van der Waals surface area contributed by atoms with Crippen LogP contribution in [0.3, 0.4) is 0 Å². The van der Waals surface area contributed by atoms with Gasteiger partial charge in [-0.2, -0.15) is 5.10 Å². The molecule has 7 aromatic rings. The third kappa shape index (κ3) is 4.70. The first-order valence-corrected chi connectivity index (χ1v) is 13.0. The second kappa shape index (κ2) is 10.1. The minimum atomic E-state index is -0.312. The molecule has 0 atom stereocenters. The number of imidazole rings is 1. The van der Waals surface area contributed by atoms with Crippen LogP contribution in [-0.4, -0.2) is 36.0 Å². The molecule has 41 heavy (non-hydrogen) atoms. The van der Waals surface area contributed by atoms with Gasteiger partial charge in [-0.3, -0.25) is 14.9 Å². The van der Waals surface area contributed by atoms with E-state index in [1.54, 1.807) is 30.6 Å². The lowest BCUT2D eigenvalue weighted by molar-refractivity contribution is -0.115. The SMILES string of the molecule is O=C(Cc1ccccc1)Nc1cncc(-c2ccc3[nH]nc(-c4nc5c(-c6ccccc6F)cccc5[nH]4)c3n2)c1. The maximum absolute atomic E-state index is 14.6. The van der Waals surface area contributed by atoms with Gasteiger partial charge in [0.2, 0.25) is 5.91 Å². The van der Waals surface area contributed by atoms with E-state index in [0.29, 0.717) is 45.1 Å². The Labute approximate surface area is 233 Å². The van der Waals surface area contributed by atoms with Crippen molar-refractivity contribution in [3.8, 4) is 33.9 Å². The standard InChI is InChI=1S/C32H22FN7O/c33-24-11-5-4-9-22(24)23-10-6-12-26-29(23)38-32(37-26)31-30-27(39-40-31)14-13-25(36-30)20-16-21(18-34-17-20)35-28(41)15-19-7-2-1-3-8-19/h1-14,16-18H,15H2,(H,35,41)(H,37,38)(H,39,40). The molecule has 7 rings (SSSR count). The van der Waals surface area contributed by atoms with Gasteiger partial charge in [0.05, 0.1) is 40.5 Å². The van der Waals surface area contributed by atoms with E-state index >= 15 is 0 Å². The van der Waals surface area contributed by atoms with Gasteiger partial charge in [0.15, 0.2) is 11.5 Å². The number of aromatic nitrogens is 6. The number of H-pyrrole nitrogens is 2. The second-order valence-electron chi connectivity index (χ2n) is 9.60. The zero-order valence-electron chi connectivity index (χ0n) is 21.6. The smallest absolute Gasteiger partial charge is 0.228 e. The molecule has 4 aromatic heterocycles. The maximum atomic E-state index is 14.6. The molecule has 9 heteroatoms. The molecule has 0 saturated heterocycles. The van der Waals surface area contributed by atoms with Crippen molar-refractivity contribution in [3.63, 3.8) is 0 Å². The summed E-state index contributed by atoms with van der Waals surface area (Å²) in [5.74, 6) is 0.0724. The van der Waals surface area contributed by atoms with Crippen LogP contribution in [0, 0.1) is 5.82 Å². The summed E-state index contributed by atoms with van der Waals surface area (Å²) in [5.41, 5.74) is 7.37. The van der Waals surface area contributed by atoms with Gasteiger partial charge in [-0.25, -0.2) is 14.4 Å². The first-order chi connectivity index (χ1) is 20.1. The van der Waals surface area contributed by atoms with Gasteiger partial charge in [-0.05, 0) is 35.9 Å². The quantitative estimate of drug-likeness (QED) is 0.222. The Morgan fingerprint density at radius 2 is 1.63 bits per heavy atom. The van der Waals surface area contributed by atoms with Crippen molar-refractivity contribution < 1.29 is 9.18 Å². The lowest BCUT2D eigenvalue weighted by atomic mass is 10.0. The van der Waals surface area contributed by atoms with Crippen LogP contribution >= 0.6 is 0 Å². The van der Waals surface area contributed by atoms with E-state index in [1.807, 2.05) is 66.7 Å². The third-order valence-corrected chi connectivity index (χ3v) is 6.83. The lowest BCUT2D eigenvalue weighted by Crippen LogP contribution is -2.14. The summed E-state index contributed by atoms with van der Waals surface area (Å²) in [6, 6.07) is 27.4. The summed E-state index contributed by atoms with van der Waals surface area (Å²) in [5, 5.41) is 10.4. The molecular weight excluding hydrogens is 517 g/mol. The van der Waals surface area contributed by atoms with Crippen molar-refractivity contribution in [2.24, 2.45) is 0 Å². The number of amides is 1. The fourth-order valence-electron chi connectivity index (χ4n) is 4.90. The summed E-state index contributed by atoms with van der Waals surface area (Å²) in [7, 11) is 0. The Morgan fingerprint density at radius 1 is 0.805 bits per heavy atom. The number of halogens is 1. The third-order valence-electron chi connectivity index (χ3n) is 6.83. The van der Waals surface area contributed by atoms with Gasteiger partial charge < -0.3 is 10.3 Å².